The van der Waals surface area contributed by atoms with Crippen molar-refractivity contribution in [2.75, 3.05) is 18.5 Å². The third-order valence-corrected chi connectivity index (χ3v) is 1.67. The number of rotatable bonds is 3. The molecule has 0 atom stereocenters. The summed E-state index contributed by atoms with van der Waals surface area (Å²) < 4.78 is 0. The molecule has 76 valence electrons. The average molecular weight is 191 g/mol. The molecule has 0 saturated carbocycles. The molecule has 2 heteroatoms. The van der Waals surface area contributed by atoms with E-state index in [-0.39, 0.29) is 0 Å². The Morgan fingerprint density at radius 2 is 2.07 bits per heavy atom. The lowest BCUT2D eigenvalue weighted by molar-refractivity contribution is 0.475. The van der Waals surface area contributed by atoms with E-state index in [4.69, 9.17) is 0 Å². The number of likely N-dealkylation sites (N-methyl/N-ethyl adjacent to an activating group) is 1. The van der Waals surface area contributed by atoms with Gasteiger partial charge in [-0.3, -0.25) is 0 Å². The summed E-state index contributed by atoms with van der Waals surface area (Å²) in [6.45, 7) is 10.4. The van der Waals surface area contributed by atoms with Crippen LogP contribution < -0.4 is 4.90 Å². The molecule has 0 aliphatic heterocycles. The van der Waals surface area contributed by atoms with Crippen molar-refractivity contribution in [3.05, 3.63) is 50.1 Å². The molecule has 1 aromatic rings. The van der Waals surface area contributed by atoms with Gasteiger partial charge >= 0.3 is 0 Å². The van der Waals surface area contributed by atoms with Crippen LogP contribution in [-0.4, -0.2) is 18.7 Å². The smallest absolute Gasteiger partial charge is 0.117 e. The van der Waals surface area contributed by atoms with Gasteiger partial charge in [-0.2, -0.15) is 0 Å². The Bertz CT molecular complexity index is 283. The fourth-order valence-corrected chi connectivity index (χ4v) is 1.03. The van der Waals surface area contributed by atoms with E-state index in [9.17, 15) is 5.11 Å². The molecule has 0 radical (unpaired) electrons. The van der Waals surface area contributed by atoms with Crippen molar-refractivity contribution in [2.24, 2.45) is 0 Å². The van der Waals surface area contributed by atoms with Crippen molar-refractivity contribution in [1.29, 1.82) is 0 Å². The maximum Gasteiger partial charge on any atom is 0.117 e. The highest BCUT2D eigenvalue weighted by molar-refractivity contribution is 5.49. The number of nitrogens with zero attached hydrogens (tertiary/aromatic N) is 1. The van der Waals surface area contributed by atoms with Crippen LogP contribution in [0.1, 0.15) is 0 Å². The molecule has 1 rings (SSSR count). The minimum absolute atomic E-state index is 0.295. The second-order valence-corrected chi connectivity index (χ2v) is 2.69. The van der Waals surface area contributed by atoms with Crippen LogP contribution in [0.3, 0.4) is 0 Å². The Balaban J connectivity index is 0.000000791. The molecule has 0 fully saturated rings. The fraction of sp³-hybridized carbons (Fsp3) is 0.167. The number of phenolic OH excluding ortho intramolecular Hbond substituents is 1. The summed E-state index contributed by atoms with van der Waals surface area (Å²) in [7, 11) is 1.95. The van der Waals surface area contributed by atoms with Gasteiger partial charge in [-0.15, -0.1) is 19.7 Å². The van der Waals surface area contributed by atoms with Gasteiger partial charge in [0.25, 0.3) is 0 Å². The van der Waals surface area contributed by atoms with Gasteiger partial charge in [-0.25, -0.2) is 0 Å². The summed E-state index contributed by atoms with van der Waals surface area (Å²) in [6, 6.07) is 7.15. The molecule has 0 aliphatic rings. The van der Waals surface area contributed by atoms with Crippen molar-refractivity contribution >= 4 is 5.69 Å². The third-order valence-electron chi connectivity index (χ3n) is 1.67. The molecule has 0 aromatic heterocycles. The van der Waals surface area contributed by atoms with E-state index < -0.39 is 0 Å². The van der Waals surface area contributed by atoms with Gasteiger partial charge in [-0.05, 0) is 12.1 Å². The summed E-state index contributed by atoms with van der Waals surface area (Å²) in [5, 5.41) is 9.18. The lowest BCUT2D eigenvalue weighted by Gasteiger charge is -2.16. The van der Waals surface area contributed by atoms with Gasteiger partial charge in [0.1, 0.15) is 5.75 Å². The van der Waals surface area contributed by atoms with E-state index in [1.165, 1.54) is 0 Å². The van der Waals surface area contributed by atoms with E-state index in [0.29, 0.717) is 5.75 Å². The van der Waals surface area contributed by atoms with Gasteiger partial charge in [0, 0.05) is 25.3 Å². The van der Waals surface area contributed by atoms with Gasteiger partial charge in [-0.1, -0.05) is 12.1 Å². The number of benzene rings is 1. The fourth-order valence-electron chi connectivity index (χ4n) is 1.03. The first-order valence-electron chi connectivity index (χ1n) is 4.35. The molecule has 14 heavy (non-hydrogen) atoms. The molecule has 0 heterocycles. The summed E-state index contributed by atoms with van der Waals surface area (Å²) in [5.41, 5.74) is 0.995. The molecule has 0 amide bonds. The maximum absolute atomic E-state index is 9.18. The summed E-state index contributed by atoms with van der Waals surface area (Å²) in [5.74, 6) is 0.295. The normalized spacial score (nSPS) is 8.36. The van der Waals surface area contributed by atoms with Crippen molar-refractivity contribution < 1.29 is 5.11 Å². The number of anilines is 1. The Kier molecular flexibility index (Phi) is 5.95. The van der Waals surface area contributed by atoms with Crippen LogP contribution in [0.5, 0.6) is 5.75 Å². The topological polar surface area (TPSA) is 23.5 Å². The molecule has 0 spiro atoms. The second-order valence-electron chi connectivity index (χ2n) is 2.69. The zero-order chi connectivity index (χ0) is 11.0. The zero-order valence-corrected chi connectivity index (χ0v) is 8.61. The lowest BCUT2D eigenvalue weighted by atomic mass is 10.3. The number of hydrogen-bond acceptors (Lipinski definition) is 2. The Labute approximate surface area is 85.8 Å². The largest absolute Gasteiger partial charge is 0.508 e. The van der Waals surface area contributed by atoms with Gasteiger partial charge in [0.05, 0.1) is 0 Å². The molecule has 0 unspecified atom stereocenters. The van der Waals surface area contributed by atoms with Crippen molar-refractivity contribution in [2.45, 2.75) is 0 Å². The van der Waals surface area contributed by atoms with Crippen LogP contribution in [0.15, 0.2) is 50.1 Å². The third kappa shape index (κ3) is 3.81. The standard InChI is InChI=1S/C10H13NO.C2H4/c1-3-7-11(2)9-5-4-6-10(12)8-9;1-2/h3-6,8,12H,1,7H2,2H3;1-2H2. The van der Waals surface area contributed by atoms with Gasteiger partial charge in [0.15, 0.2) is 0 Å². The SMILES string of the molecule is C=C.C=CCN(C)c1cccc(O)c1. The predicted molar refractivity (Wildman–Crippen MR) is 62.8 cm³/mol. The highest BCUT2D eigenvalue weighted by atomic mass is 16.3. The molecule has 1 aromatic carbocycles. The highest BCUT2D eigenvalue weighted by Gasteiger charge is 1.97. The van der Waals surface area contributed by atoms with Crippen LogP contribution in [0, 0.1) is 0 Å². The van der Waals surface area contributed by atoms with E-state index in [0.717, 1.165) is 12.2 Å². The first-order chi connectivity index (χ1) is 6.74. The monoisotopic (exact) mass is 191 g/mol. The Morgan fingerprint density at radius 3 is 2.57 bits per heavy atom. The van der Waals surface area contributed by atoms with Crippen LogP contribution in [0.25, 0.3) is 0 Å². The summed E-state index contributed by atoms with van der Waals surface area (Å²) >= 11 is 0. The molecule has 1 N–H and O–H groups in total. The number of aromatic hydroxyl groups is 1. The Morgan fingerprint density at radius 1 is 1.43 bits per heavy atom. The van der Waals surface area contributed by atoms with Gasteiger partial charge in [0.2, 0.25) is 0 Å². The zero-order valence-electron chi connectivity index (χ0n) is 8.61. The molecule has 0 aliphatic carbocycles. The van der Waals surface area contributed by atoms with E-state index >= 15 is 0 Å². The summed E-state index contributed by atoms with van der Waals surface area (Å²) in [6.07, 6.45) is 1.82. The van der Waals surface area contributed by atoms with Crippen molar-refractivity contribution in [1.82, 2.24) is 0 Å². The van der Waals surface area contributed by atoms with Crippen molar-refractivity contribution in [3.63, 3.8) is 0 Å². The molecule has 0 bridgehead atoms. The number of phenols is 1. The number of hydrogen-bond donors (Lipinski definition) is 1. The first kappa shape index (κ1) is 12.3. The average Bonchev–Trinajstić information content (AvgIpc) is 2.21. The molecule has 2 nitrogen and oxygen atoms in total. The lowest BCUT2D eigenvalue weighted by Crippen LogP contribution is -2.16. The van der Waals surface area contributed by atoms with Crippen LogP contribution in [-0.2, 0) is 0 Å². The maximum atomic E-state index is 9.18. The van der Waals surface area contributed by atoms with Crippen LogP contribution in [0.4, 0.5) is 5.69 Å². The van der Waals surface area contributed by atoms with Crippen LogP contribution >= 0.6 is 0 Å². The predicted octanol–water partition coefficient (Wildman–Crippen LogP) is 2.82. The summed E-state index contributed by atoms with van der Waals surface area (Å²) in [4.78, 5) is 2.01. The second kappa shape index (κ2) is 6.78. The van der Waals surface area contributed by atoms with Crippen LogP contribution in [0.2, 0.25) is 0 Å². The minimum Gasteiger partial charge on any atom is -0.508 e. The molecular formula is C12H17NO. The molecule has 0 saturated heterocycles. The first-order valence-corrected chi connectivity index (χ1v) is 4.35. The van der Waals surface area contributed by atoms with E-state index in [1.807, 2.05) is 30.2 Å². The van der Waals surface area contributed by atoms with Gasteiger partial charge < -0.3 is 10.0 Å². The van der Waals surface area contributed by atoms with E-state index in [2.05, 4.69) is 19.7 Å². The van der Waals surface area contributed by atoms with Crippen molar-refractivity contribution in [3.8, 4) is 5.75 Å². The molecular weight excluding hydrogens is 174 g/mol. The minimum atomic E-state index is 0.295. The highest BCUT2D eigenvalue weighted by Crippen LogP contribution is 2.18. The Hall–Kier alpha value is -1.70. The van der Waals surface area contributed by atoms with E-state index in [1.54, 1.807) is 12.1 Å². The quantitative estimate of drug-likeness (QED) is 0.743.